The van der Waals surface area contributed by atoms with Crippen molar-refractivity contribution in [2.24, 2.45) is 0 Å². The minimum absolute atomic E-state index is 0.298. The van der Waals surface area contributed by atoms with Gasteiger partial charge in [-0.15, -0.1) is 0 Å². The fraction of sp³-hybridized carbons (Fsp3) is 0.556. The Morgan fingerprint density at radius 1 is 1.71 bits per heavy atom. The number of aromatic nitrogens is 2. The second-order valence-corrected chi connectivity index (χ2v) is 3.06. The van der Waals surface area contributed by atoms with Crippen LogP contribution in [0.15, 0.2) is 17.1 Å². The van der Waals surface area contributed by atoms with Crippen LogP contribution >= 0.6 is 0 Å². The van der Waals surface area contributed by atoms with Crippen LogP contribution in [0, 0.1) is 0 Å². The van der Waals surface area contributed by atoms with E-state index in [-0.39, 0.29) is 5.69 Å². The van der Waals surface area contributed by atoms with E-state index in [9.17, 15) is 9.90 Å². The maximum atomic E-state index is 11.4. The van der Waals surface area contributed by atoms with Crippen molar-refractivity contribution >= 4 is 5.82 Å². The van der Waals surface area contributed by atoms with E-state index < -0.39 is 6.10 Å². The lowest BCUT2D eigenvalue weighted by Crippen LogP contribution is -2.28. The van der Waals surface area contributed by atoms with Crippen LogP contribution in [0.3, 0.4) is 0 Å². The molecule has 5 heteroatoms. The van der Waals surface area contributed by atoms with Gasteiger partial charge in [-0.1, -0.05) is 6.92 Å². The lowest BCUT2D eigenvalue weighted by Gasteiger charge is -2.09. The summed E-state index contributed by atoms with van der Waals surface area (Å²) in [6.45, 7) is 2.16. The molecule has 0 fully saturated rings. The van der Waals surface area contributed by atoms with Gasteiger partial charge in [0.2, 0.25) is 0 Å². The SMILES string of the molecule is CC[C@@H](O)Cn1ccc(NC)nc1=O. The van der Waals surface area contributed by atoms with E-state index in [1.54, 1.807) is 19.3 Å². The first-order valence-electron chi connectivity index (χ1n) is 4.60. The summed E-state index contributed by atoms with van der Waals surface area (Å²) in [6.07, 6.45) is 1.76. The number of hydrogen-bond acceptors (Lipinski definition) is 4. The zero-order valence-corrected chi connectivity index (χ0v) is 8.40. The third kappa shape index (κ3) is 2.56. The minimum atomic E-state index is -0.491. The van der Waals surface area contributed by atoms with Gasteiger partial charge < -0.3 is 10.4 Å². The van der Waals surface area contributed by atoms with Crippen molar-refractivity contribution in [2.75, 3.05) is 12.4 Å². The van der Waals surface area contributed by atoms with E-state index in [0.717, 1.165) is 0 Å². The summed E-state index contributed by atoms with van der Waals surface area (Å²) in [7, 11) is 1.70. The van der Waals surface area contributed by atoms with Crippen molar-refractivity contribution in [1.29, 1.82) is 0 Å². The Morgan fingerprint density at radius 3 is 2.93 bits per heavy atom. The minimum Gasteiger partial charge on any atom is -0.391 e. The highest BCUT2D eigenvalue weighted by atomic mass is 16.3. The van der Waals surface area contributed by atoms with Crippen LogP contribution in [0.25, 0.3) is 0 Å². The Hall–Kier alpha value is -1.36. The highest BCUT2D eigenvalue weighted by molar-refractivity contribution is 5.30. The molecule has 1 atom stereocenters. The number of nitrogens with one attached hydrogen (secondary N) is 1. The predicted octanol–water partition coefficient (Wildman–Crippen LogP) is 0.0559. The van der Waals surface area contributed by atoms with Crippen molar-refractivity contribution in [3.8, 4) is 0 Å². The van der Waals surface area contributed by atoms with E-state index in [1.165, 1.54) is 4.57 Å². The molecule has 1 rings (SSSR count). The summed E-state index contributed by atoms with van der Waals surface area (Å²) in [5.41, 5.74) is -0.343. The van der Waals surface area contributed by atoms with Gasteiger partial charge in [0.05, 0.1) is 12.6 Å². The predicted molar refractivity (Wildman–Crippen MR) is 54.3 cm³/mol. The van der Waals surface area contributed by atoms with Crippen molar-refractivity contribution in [3.63, 3.8) is 0 Å². The topological polar surface area (TPSA) is 67.2 Å². The van der Waals surface area contributed by atoms with Crippen LogP contribution in [-0.4, -0.2) is 27.8 Å². The first-order chi connectivity index (χ1) is 6.67. The van der Waals surface area contributed by atoms with E-state index in [2.05, 4.69) is 10.3 Å². The summed E-state index contributed by atoms with van der Waals surface area (Å²) < 4.78 is 1.40. The van der Waals surface area contributed by atoms with Gasteiger partial charge in [0.1, 0.15) is 5.82 Å². The molecule has 0 unspecified atom stereocenters. The zero-order chi connectivity index (χ0) is 10.6. The normalized spacial score (nSPS) is 12.5. The fourth-order valence-electron chi connectivity index (χ4n) is 1.06. The van der Waals surface area contributed by atoms with E-state index in [1.807, 2.05) is 6.92 Å². The number of anilines is 1. The molecule has 0 aromatic carbocycles. The lowest BCUT2D eigenvalue weighted by atomic mass is 10.3. The Balaban J connectivity index is 2.84. The Labute approximate surface area is 82.4 Å². The molecule has 2 N–H and O–H groups in total. The molecule has 0 spiro atoms. The Morgan fingerprint density at radius 2 is 2.43 bits per heavy atom. The van der Waals surface area contributed by atoms with E-state index >= 15 is 0 Å². The zero-order valence-electron chi connectivity index (χ0n) is 8.40. The second kappa shape index (κ2) is 4.76. The first kappa shape index (κ1) is 10.7. The maximum absolute atomic E-state index is 11.4. The monoisotopic (exact) mass is 197 g/mol. The third-order valence-corrected chi connectivity index (χ3v) is 2.01. The van der Waals surface area contributed by atoms with Gasteiger partial charge in [0.25, 0.3) is 0 Å². The quantitative estimate of drug-likeness (QED) is 0.716. The van der Waals surface area contributed by atoms with Gasteiger partial charge in [-0.25, -0.2) is 4.79 Å². The highest BCUT2D eigenvalue weighted by Crippen LogP contribution is 1.97. The van der Waals surface area contributed by atoms with Crippen LogP contribution in [-0.2, 0) is 6.54 Å². The average molecular weight is 197 g/mol. The molecule has 0 bridgehead atoms. The summed E-state index contributed by atoms with van der Waals surface area (Å²) in [4.78, 5) is 15.1. The molecule has 0 aliphatic heterocycles. The molecule has 14 heavy (non-hydrogen) atoms. The van der Waals surface area contributed by atoms with Crippen molar-refractivity contribution in [1.82, 2.24) is 9.55 Å². The molecule has 0 saturated heterocycles. The highest BCUT2D eigenvalue weighted by Gasteiger charge is 2.04. The number of aliphatic hydroxyl groups excluding tert-OH is 1. The third-order valence-electron chi connectivity index (χ3n) is 2.01. The molecular formula is C9H15N3O2. The van der Waals surface area contributed by atoms with Gasteiger partial charge in [-0.3, -0.25) is 4.57 Å². The molecule has 0 aliphatic rings. The lowest BCUT2D eigenvalue weighted by molar-refractivity contribution is 0.148. The molecule has 5 nitrogen and oxygen atoms in total. The molecule has 1 aromatic heterocycles. The molecule has 0 saturated carbocycles. The van der Waals surface area contributed by atoms with Gasteiger partial charge in [-0.2, -0.15) is 4.98 Å². The molecule has 1 heterocycles. The maximum Gasteiger partial charge on any atom is 0.349 e. The van der Waals surface area contributed by atoms with E-state index in [4.69, 9.17) is 0 Å². The Kier molecular flexibility index (Phi) is 3.64. The molecular weight excluding hydrogens is 182 g/mol. The second-order valence-electron chi connectivity index (χ2n) is 3.06. The number of hydrogen-bond donors (Lipinski definition) is 2. The van der Waals surface area contributed by atoms with E-state index in [0.29, 0.717) is 18.8 Å². The van der Waals surface area contributed by atoms with Gasteiger partial charge >= 0.3 is 5.69 Å². The molecule has 0 aliphatic carbocycles. The summed E-state index contributed by atoms with van der Waals surface area (Å²) in [5.74, 6) is 0.539. The van der Waals surface area contributed by atoms with Crippen LogP contribution in [0.1, 0.15) is 13.3 Å². The summed E-state index contributed by atoms with van der Waals surface area (Å²) in [6, 6.07) is 1.70. The van der Waals surface area contributed by atoms with Crippen LogP contribution in [0.2, 0.25) is 0 Å². The van der Waals surface area contributed by atoms with Crippen molar-refractivity contribution < 1.29 is 5.11 Å². The fourth-order valence-corrected chi connectivity index (χ4v) is 1.06. The van der Waals surface area contributed by atoms with Gasteiger partial charge in [0, 0.05) is 13.2 Å². The number of aliphatic hydroxyl groups is 1. The number of rotatable bonds is 4. The van der Waals surface area contributed by atoms with Crippen LogP contribution in [0.4, 0.5) is 5.82 Å². The standard InChI is InChI=1S/C9H15N3O2/c1-3-7(13)6-12-5-4-8(10-2)11-9(12)14/h4-5,7,13H,3,6H2,1-2H3,(H,10,11,14)/t7-/m1/s1. The van der Waals surface area contributed by atoms with Crippen LogP contribution in [0.5, 0.6) is 0 Å². The molecule has 78 valence electrons. The van der Waals surface area contributed by atoms with Gasteiger partial charge in [0.15, 0.2) is 0 Å². The summed E-state index contributed by atoms with van der Waals surface area (Å²) in [5, 5.41) is 12.1. The van der Waals surface area contributed by atoms with Crippen molar-refractivity contribution in [2.45, 2.75) is 26.0 Å². The summed E-state index contributed by atoms with van der Waals surface area (Å²) >= 11 is 0. The van der Waals surface area contributed by atoms with Crippen molar-refractivity contribution in [3.05, 3.63) is 22.7 Å². The van der Waals surface area contributed by atoms with Gasteiger partial charge in [-0.05, 0) is 12.5 Å². The average Bonchev–Trinajstić information content (AvgIpc) is 2.20. The smallest absolute Gasteiger partial charge is 0.349 e. The first-order valence-corrected chi connectivity index (χ1v) is 4.60. The molecule has 0 radical (unpaired) electrons. The largest absolute Gasteiger partial charge is 0.391 e. The number of nitrogens with zero attached hydrogens (tertiary/aromatic N) is 2. The van der Waals surface area contributed by atoms with Crippen LogP contribution < -0.4 is 11.0 Å². The Bertz CT molecular complexity index is 348. The molecule has 0 amide bonds. The molecule has 1 aromatic rings.